The minimum absolute atomic E-state index is 0.538. The standard InChI is InChI=1S/C12H19NO2/c1-3-5-8-14-10-12-7-6-11(15-12)9-13-4-2/h3,5-7,13H,4,8-10H2,1-2H3. The Morgan fingerprint density at radius 3 is 2.93 bits per heavy atom. The predicted molar refractivity (Wildman–Crippen MR) is 60.6 cm³/mol. The molecule has 84 valence electrons. The molecule has 3 heteroatoms. The van der Waals surface area contributed by atoms with Crippen LogP contribution in [0, 0.1) is 0 Å². The van der Waals surface area contributed by atoms with Gasteiger partial charge in [0, 0.05) is 0 Å². The Kier molecular flexibility index (Phi) is 5.81. The monoisotopic (exact) mass is 209 g/mol. The summed E-state index contributed by atoms with van der Waals surface area (Å²) in [6.45, 7) is 6.96. The molecule has 1 aromatic heterocycles. The van der Waals surface area contributed by atoms with Gasteiger partial charge < -0.3 is 14.5 Å². The molecule has 1 N–H and O–H groups in total. The topological polar surface area (TPSA) is 34.4 Å². The van der Waals surface area contributed by atoms with Gasteiger partial charge >= 0.3 is 0 Å². The quantitative estimate of drug-likeness (QED) is 0.553. The van der Waals surface area contributed by atoms with Crippen LogP contribution >= 0.6 is 0 Å². The highest BCUT2D eigenvalue weighted by Gasteiger charge is 2.00. The van der Waals surface area contributed by atoms with E-state index in [1.165, 1.54) is 0 Å². The van der Waals surface area contributed by atoms with Crippen molar-refractivity contribution < 1.29 is 9.15 Å². The van der Waals surface area contributed by atoms with Gasteiger partial charge in [-0.3, -0.25) is 0 Å². The summed E-state index contributed by atoms with van der Waals surface area (Å²) in [5.41, 5.74) is 0. The van der Waals surface area contributed by atoms with Gasteiger partial charge in [0.25, 0.3) is 0 Å². The molecule has 0 amide bonds. The van der Waals surface area contributed by atoms with E-state index in [0.29, 0.717) is 13.2 Å². The fraction of sp³-hybridized carbons (Fsp3) is 0.500. The predicted octanol–water partition coefficient (Wildman–Crippen LogP) is 2.48. The van der Waals surface area contributed by atoms with Crippen molar-refractivity contribution in [3.63, 3.8) is 0 Å². The molecule has 0 aliphatic carbocycles. The van der Waals surface area contributed by atoms with Crippen molar-refractivity contribution in [2.75, 3.05) is 13.2 Å². The zero-order chi connectivity index (χ0) is 10.9. The van der Waals surface area contributed by atoms with Crippen LogP contribution in [0.1, 0.15) is 25.4 Å². The molecule has 1 rings (SSSR count). The molecule has 0 bridgehead atoms. The Balaban J connectivity index is 2.26. The molecule has 1 heterocycles. The van der Waals surface area contributed by atoms with Crippen molar-refractivity contribution in [2.24, 2.45) is 0 Å². The first kappa shape index (κ1) is 12.0. The Labute approximate surface area is 91.1 Å². The number of allylic oxidation sites excluding steroid dienone is 1. The maximum atomic E-state index is 5.55. The molecule has 0 saturated carbocycles. The third kappa shape index (κ3) is 4.81. The minimum atomic E-state index is 0.538. The maximum Gasteiger partial charge on any atom is 0.129 e. The first-order valence-corrected chi connectivity index (χ1v) is 5.34. The number of hydrogen-bond donors (Lipinski definition) is 1. The van der Waals surface area contributed by atoms with E-state index in [1.807, 2.05) is 31.2 Å². The molecule has 1 aromatic rings. The zero-order valence-electron chi connectivity index (χ0n) is 9.45. The Morgan fingerprint density at radius 2 is 2.20 bits per heavy atom. The lowest BCUT2D eigenvalue weighted by atomic mass is 10.4. The average molecular weight is 209 g/mol. The van der Waals surface area contributed by atoms with E-state index < -0.39 is 0 Å². The van der Waals surface area contributed by atoms with E-state index >= 15 is 0 Å². The van der Waals surface area contributed by atoms with E-state index in [9.17, 15) is 0 Å². The highest BCUT2D eigenvalue weighted by molar-refractivity contribution is 5.06. The number of ether oxygens (including phenoxy) is 1. The van der Waals surface area contributed by atoms with Crippen molar-refractivity contribution >= 4 is 0 Å². The molecule has 3 nitrogen and oxygen atoms in total. The summed E-state index contributed by atoms with van der Waals surface area (Å²) in [6.07, 6.45) is 3.95. The third-order valence-corrected chi connectivity index (χ3v) is 1.96. The van der Waals surface area contributed by atoms with E-state index in [2.05, 4.69) is 12.2 Å². The molecule has 0 unspecified atom stereocenters. The first-order chi connectivity index (χ1) is 7.36. The van der Waals surface area contributed by atoms with Gasteiger partial charge in [0.15, 0.2) is 0 Å². The van der Waals surface area contributed by atoms with Gasteiger partial charge in [0.1, 0.15) is 18.1 Å². The molecule has 0 aliphatic heterocycles. The lowest BCUT2D eigenvalue weighted by Gasteiger charge is -1.98. The lowest BCUT2D eigenvalue weighted by Crippen LogP contribution is -2.10. The SMILES string of the molecule is CC=CCOCc1ccc(CNCC)o1. The summed E-state index contributed by atoms with van der Waals surface area (Å²) in [7, 11) is 0. The van der Waals surface area contributed by atoms with Gasteiger partial charge in [0.2, 0.25) is 0 Å². The fourth-order valence-corrected chi connectivity index (χ4v) is 1.17. The van der Waals surface area contributed by atoms with Crippen molar-refractivity contribution in [3.8, 4) is 0 Å². The lowest BCUT2D eigenvalue weighted by molar-refractivity contribution is 0.130. The second kappa shape index (κ2) is 7.26. The van der Waals surface area contributed by atoms with Crippen molar-refractivity contribution in [1.29, 1.82) is 0 Å². The van der Waals surface area contributed by atoms with E-state index in [-0.39, 0.29) is 0 Å². The molecular weight excluding hydrogens is 190 g/mol. The van der Waals surface area contributed by atoms with Gasteiger partial charge in [-0.25, -0.2) is 0 Å². The smallest absolute Gasteiger partial charge is 0.129 e. The largest absolute Gasteiger partial charge is 0.462 e. The third-order valence-electron chi connectivity index (χ3n) is 1.96. The van der Waals surface area contributed by atoms with Crippen LogP contribution in [-0.4, -0.2) is 13.2 Å². The molecule has 0 saturated heterocycles. The molecule has 0 spiro atoms. The van der Waals surface area contributed by atoms with E-state index in [0.717, 1.165) is 24.6 Å². The summed E-state index contributed by atoms with van der Waals surface area (Å²) in [5.74, 6) is 1.84. The molecule has 0 aliphatic rings. The van der Waals surface area contributed by atoms with Crippen LogP contribution in [0.4, 0.5) is 0 Å². The molecule has 0 atom stereocenters. The molecular formula is C12H19NO2. The maximum absolute atomic E-state index is 5.55. The summed E-state index contributed by atoms with van der Waals surface area (Å²) in [6, 6.07) is 3.94. The second-order valence-corrected chi connectivity index (χ2v) is 3.23. The second-order valence-electron chi connectivity index (χ2n) is 3.23. The van der Waals surface area contributed by atoms with Gasteiger partial charge in [0.05, 0.1) is 13.2 Å². The fourth-order valence-electron chi connectivity index (χ4n) is 1.17. The van der Waals surface area contributed by atoms with Crippen LogP contribution in [0.3, 0.4) is 0 Å². The van der Waals surface area contributed by atoms with Crippen LogP contribution in [-0.2, 0) is 17.9 Å². The Hall–Kier alpha value is -1.06. The summed E-state index contributed by atoms with van der Waals surface area (Å²) < 4.78 is 10.9. The summed E-state index contributed by atoms with van der Waals surface area (Å²) in [5, 5.41) is 3.21. The van der Waals surface area contributed by atoms with E-state index in [4.69, 9.17) is 9.15 Å². The average Bonchev–Trinajstić information content (AvgIpc) is 2.69. The highest BCUT2D eigenvalue weighted by atomic mass is 16.5. The Bertz CT molecular complexity index is 292. The van der Waals surface area contributed by atoms with Crippen molar-refractivity contribution in [2.45, 2.75) is 27.0 Å². The molecule has 0 fully saturated rings. The van der Waals surface area contributed by atoms with Crippen LogP contribution in [0.5, 0.6) is 0 Å². The molecule has 15 heavy (non-hydrogen) atoms. The summed E-state index contributed by atoms with van der Waals surface area (Å²) in [4.78, 5) is 0. The van der Waals surface area contributed by atoms with Gasteiger partial charge in [-0.05, 0) is 25.6 Å². The van der Waals surface area contributed by atoms with Gasteiger partial charge in [-0.2, -0.15) is 0 Å². The number of furan rings is 1. The minimum Gasteiger partial charge on any atom is -0.462 e. The first-order valence-electron chi connectivity index (χ1n) is 5.34. The molecule has 0 radical (unpaired) electrons. The van der Waals surface area contributed by atoms with Gasteiger partial charge in [-0.1, -0.05) is 19.1 Å². The van der Waals surface area contributed by atoms with Crippen molar-refractivity contribution in [1.82, 2.24) is 5.32 Å². The number of rotatable bonds is 7. The van der Waals surface area contributed by atoms with Crippen LogP contribution in [0.2, 0.25) is 0 Å². The molecule has 0 aromatic carbocycles. The van der Waals surface area contributed by atoms with Crippen LogP contribution in [0.15, 0.2) is 28.7 Å². The normalized spacial score (nSPS) is 11.3. The number of nitrogens with one attached hydrogen (secondary N) is 1. The number of hydrogen-bond acceptors (Lipinski definition) is 3. The van der Waals surface area contributed by atoms with Crippen LogP contribution in [0.25, 0.3) is 0 Å². The van der Waals surface area contributed by atoms with Crippen LogP contribution < -0.4 is 5.32 Å². The zero-order valence-corrected chi connectivity index (χ0v) is 9.45. The van der Waals surface area contributed by atoms with Crippen molar-refractivity contribution in [3.05, 3.63) is 35.8 Å². The highest BCUT2D eigenvalue weighted by Crippen LogP contribution is 2.08. The Morgan fingerprint density at radius 1 is 1.40 bits per heavy atom. The summed E-state index contributed by atoms with van der Waals surface area (Å²) >= 11 is 0. The van der Waals surface area contributed by atoms with E-state index in [1.54, 1.807) is 0 Å². The van der Waals surface area contributed by atoms with Gasteiger partial charge in [-0.15, -0.1) is 0 Å².